The monoisotopic (exact) mass is 494 g/mol. The molecule has 0 unspecified atom stereocenters. The fraction of sp³-hybridized carbons (Fsp3) is 0.296. The summed E-state index contributed by atoms with van der Waals surface area (Å²) in [6, 6.07) is 18.5. The number of nitrogens with zero attached hydrogens (tertiary/aromatic N) is 1. The first-order valence-corrected chi connectivity index (χ1v) is 13.1. The maximum Gasteiger partial charge on any atom is 0.242 e. The van der Waals surface area contributed by atoms with Gasteiger partial charge in [-0.05, 0) is 77.9 Å². The summed E-state index contributed by atoms with van der Waals surface area (Å²) in [6.45, 7) is 2.27. The Labute approximate surface area is 207 Å². The number of aryl methyl sites for hydroxylation is 1. The summed E-state index contributed by atoms with van der Waals surface area (Å²) >= 11 is 0. The molecule has 0 radical (unpaired) electrons. The number of carbonyl (C=O) groups is 1. The van der Waals surface area contributed by atoms with Gasteiger partial charge in [-0.25, -0.2) is 12.7 Å². The minimum atomic E-state index is -3.50. The number of amides is 1. The maximum absolute atomic E-state index is 13.4. The van der Waals surface area contributed by atoms with E-state index in [2.05, 4.69) is 12.2 Å². The van der Waals surface area contributed by atoms with Crippen LogP contribution in [0.3, 0.4) is 0 Å². The molecule has 1 aliphatic heterocycles. The van der Waals surface area contributed by atoms with E-state index in [1.54, 1.807) is 12.1 Å². The van der Waals surface area contributed by atoms with Gasteiger partial charge in [-0.2, -0.15) is 0 Å². The van der Waals surface area contributed by atoms with Gasteiger partial charge in [0.1, 0.15) is 0 Å². The molecule has 184 valence electrons. The molecule has 8 heteroatoms. The van der Waals surface area contributed by atoms with Crippen molar-refractivity contribution in [2.45, 2.75) is 36.5 Å². The third-order valence-corrected chi connectivity index (χ3v) is 8.63. The second-order valence-electron chi connectivity index (χ2n) is 9.14. The van der Waals surface area contributed by atoms with Crippen molar-refractivity contribution in [2.75, 3.05) is 26.2 Å². The minimum Gasteiger partial charge on any atom is -0.454 e. The van der Waals surface area contributed by atoms with Crippen molar-refractivity contribution >= 4 is 21.6 Å². The number of sulfonamides is 1. The maximum atomic E-state index is 13.4. The molecule has 2 aliphatic rings. The van der Waals surface area contributed by atoms with Crippen LogP contribution in [0.2, 0.25) is 0 Å². The van der Waals surface area contributed by atoms with E-state index in [0.29, 0.717) is 17.2 Å². The van der Waals surface area contributed by atoms with Crippen molar-refractivity contribution in [2.24, 2.45) is 0 Å². The Bertz CT molecular complexity index is 1400. The van der Waals surface area contributed by atoms with Crippen LogP contribution in [0.5, 0.6) is 11.5 Å². The first kappa shape index (κ1) is 23.4. The fourth-order valence-electron chi connectivity index (χ4n) is 4.47. The molecule has 1 heterocycles. The average molecular weight is 495 g/mol. The molecular formula is C27H30N2O5S. The molecule has 3 aromatic rings. The highest BCUT2D eigenvalue weighted by Crippen LogP contribution is 2.51. The van der Waals surface area contributed by atoms with Crippen LogP contribution in [0.25, 0.3) is 11.1 Å². The number of anilines is 1. The number of fused-ring (bicyclic) bond motifs is 1. The van der Waals surface area contributed by atoms with Gasteiger partial charge in [-0.3, -0.25) is 4.79 Å². The summed E-state index contributed by atoms with van der Waals surface area (Å²) in [5, 5.41) is 3.11. The molecule has 3 aromatic carbocycles. The highest BCUT2D eigenvalue weighted by molar-refractivity contribution is 7.89. The van der Waals surface area contributed by atoms with Gasteiger partial charge in [0.15, 0.2) is 11.5 Å². The standard InChI is InChI=1S/C27H28N2O5S.H2/c1-4-18-5-9-21(16-23(18)19-6-10-22(11-7-19)35(31,32)29(2)3)28-26(30)27(13-14-27)20-8-12-24-25(15-20)34-17-33-24;/h5-12,15-16H,4,13-14,17H2,1-3H3,(H,28,30);1H. The first-order chi connectivity index (χ1) is 16.7. The smallest absolute Gasteiger partial charge is 0.242 e. The van der Waals surface area contributed by atoms with Crippen LogP contribution in [0.15, 0.2) is 65.6 Å². The number of ether oxygens (including phenoxy) is 2. The normalized spacial score (nSPS) is 15.8. The fourth-order valence-corrected chi connectivity index (χ4v) is 5.37. The van der Waals surface area contributed by atoms with E-state index >= 15 is 0 Å². The van der Waals surface area contributed by atoms with Crippen LogP contribution in [0.1, 0.15) is 32.3 Å². The topological polar surface area (TPSA) is 84.9 Å². The SMILES string of the molecule is CCc1ccc(NC(=O)C2(c3ccc4c(c3)OCO4)CC2)cc1-c1ccc(S(=O)(=O)N(C)C)cc1.[HH]. The molecule has 1 amide bonds. The lowest BCUT2D eigenvalue weighted by atomic mass is 9.93. The van der Waals surface area contributed by atoms with Gasteiger partial charge < -0.3 is 14.8 Å². The van der Waals surface area contributed by atoms with Crippen molar-refractivity contribution < 1.29 is 24.1 Å². The molecule has 35 heavy (non-hydrogen) atoms. The summed E-state index contributed by atoms with van der Waals surface area (Å²) in [7, 11) is -0.466. The molecule has 5 rings (SSSR count). The zero-order valence-corrected chi connectivity index (χ0v) is 20.8. The summed E-state index contributed by atoms with van der Waals surface area (Å²) in [5.41, 5.74) is 4.05. The predicted octanol–water partition coefficient (Wildman–Crippen LogP) is 4.81. The van der Waals surface area contributed by atoms with Gasteiger partial charge in [0.2, 0.25) is 22.7 Å². The van der Waals surface area contributed by atoms with E-state index in [-0.39, 0.29) is 19.0 Å². The second-order valence-corrected chi connectivity index (χ2v) is 11.3. The van der Waals surface area contributed by atoms with Gasteiger partial charge in [0, 0.05) is 21.2 Å². The molecule has 1 N–H and O–H groups in total. The molecule has 0 saturated heterocycles. The Hall–Kier alpha value is -3.36. The van der Waals surface area contributed by atoms with Crippen molar-refractivity contribution in [3.63, 3.8) is 0 Å². The second kappa shape index (κ2) is 8.70. The summed E-state index contributed by atoms with van der Waals surface area (Å²) < 4.78 is 36.9. The van der Waals surface area contributed by atoms with Crippen LogP contribution in [-0.4, -0.2) is 39.5 Å². The lowest BCUT2D eigenvalue weighted by molar-refractivity contribution is -0.118. The van der Waals surface area contributed by atoms with Gasteiger partial charge in [-0.1, -0.05) is 31.2 Å². The number of carbonyl (C=O) groups excluding carboxylic acids is 1. The zero-order chi connectivity index (χ0) is 24.8. The van der Waals surface area contributed by atoms with E-state index in [9.17, 15) is 13.2 Å². The van der Waals surface area contributed by atoms with Crippen molar-refractivity contribution in [3.05, 3.63) is 71.8 Å². The molecule has 0 aromatic heterocycles. The van der Waals surface area contributed by atoms with Crippen LogP contribution in [0, 0.1) is 0 Å². The highest BCUT2D eigenvalue weighted by Gasteiger charge is 2.51. The van der Waals surface area contributed by atoms with Gasteiger partial charge in [-0.15, -0.1) is 0 Å². The summed E-state index contributed by atoms with van der Waals surface area (Å²) in [6.07, 6.45) is 2.36. The molecule has 0 bridgehead atoms. The Morgan fingerprint density at radius 3 is 2.37 bits per heavy atom. The number of benzene rings is 3. The number of hydrogen-bond acceptors (Lipinski definition) is 5. The number of rotatable bonds is 7. The largest absolute Gasteiger partial charge is 0.454 e. The van der Waals surface area contributed by atoms with Crippen LogP contribution >= 0.6 is 0 Å². The first-order valence-electron chi connectivity index (χ1n) is 11.6. The summed E-state index contributed by atoms with van der Waals surface area (Å²) in [5.74, 6) is 1.34. The lowest BCUT2D eigenvalue weighted by Crippen LogP contribution is -2.27. The van der Waals surface area contributed by atoms with E-state index in [0.717, 1.165) is 41.5 Å². The Kier molecular flexibility index (Phi) is 5.81. The van der Waals surface area contributed by atoms with Crippen LogP contribution in [0.4, 0.5) is 5.69 Å². The number of nitrogens with one attached hydrogen (secondary N) is 1. The minimum absolute atomic E-state index is 0. The Morgan fingerprint density at radius 2 is 1.71 bits per heavy atom. The van der Waals surface area contributed by atoms with Crippen molar-refractivity contribution in [1.29, 1.82) is 0 Å². The molecule has 0 atom stereocenters. The Morgan fingerprint density at radius 1 is 1.00 bits per heavy atom. The zero-order valence-electron chi connectivity index (χ0n) is 20.0. The third kappa shape index (κ3) is 4.17. The van der Waals surface area contributed by atoms with Crippen LogP contribution < -0.4 is 14.8 Å². The van der Waals surface area contributed by atoms with E-state index < -0.39 is 15.4 Å². The van der Waals surface area contributed by atoms with Crippen molar-refractivity contribution in [3.8, 4) is 22.6 Å². The summed E-state index contributed by atoms with van der Waals surface area (Å²) in [4.78, 5) is 13.6. The van der Waals surface area contributed by atoms with E-state index in [1.165, 1.54) is 18.4 Å². The lowest BCUT2D eigenvalue weighted by Gasteiger charge is -2.18. The van der Waals surface area contributed by atoms with E-state index in [1.807, 2.05) is 48.5 Å². The average Bonchev–Trinajstić information content (AvgIpc) is 3.54. The molecule has 0 spiro atoms. The predicted molar refractivity (Wildman–Crippen MR) is 136 cm³/mol. The van der Waals surface area contributed by atoms with Gasteiger partial charge in [0.25, 0.3) is 0 Å². The Balaban J connectivity index is 0.00000304. The quantitative estimate of drug-likeness (QED) is 0.510. The highest BCUT2D eigenvalue weighted by atomic mass is 32.2. The third-order valence-electron chi connectivity index (χ3n) is 6.80. The van der Waals surface area contributed by atoms with Gasteiger partial charge >= 0.3 is 0 Å². The molecule has 1 saturated carbocycles. The van der Waals surface area contributed by atoms with Gasteiger partial charge in [0.05, 0.1) is 10.3 Å². The molecular weight excluding hydrogens is 464 g/mol. The van der Waals surface area contributed by atoms with E-state index in [4.69, 9.17) is 9.47 Å². The van der Waals surface area contributed by atoms with Crippen LogP contribution in [-0.2, 0) is 26.7 Å². The molecule has 7 nitrogen and oxygen atoms in total. The molecule has 1 aliphatic carbocycles. The van der Waals surface area contributed by atoms with Crippen molar-refractivity contribution in [1.82, 2.24) is 4.31 Å². The number of hydrogen-bond donors (Lipinski definition) is 1. The molecule has 1 fully saturated rings.